The molecule has 12 rings (SSSR count). The first-order valence-electron chi connectivity index (χ1n) is 24.9. The van der Waals surface area contributed by atoms with Crippen LogP contribution in [0.3, 0.4) is 0 Å². The lowest BCUT2D eigenvalue weighted by Gasteiger charge is -2.60. The molecule has 2 saturated carbocycles. The summed E-state index contributed by atoms with van der Waals surface area (Å²) in [5, 5.41) is 6.09. The summed E-state index contributed by atoms with van der Waals surface area (Å²) in [4.78, 5) is 52.7. The zero-order valence-corrected chi connectivity index (χ0v) is 39.8. The first-order valence-corrected chi connectivity index (χ1v) is 24.9. The van der Waals surface area contributed by atoms with Gasteiger partial charge in [0, 0.05) is 60.7 Å². The van der Waals surface area contributed by atoms with Crippen LogP contribution in [0.5, 0.6) is 11.5 Å². The Balaban J connectivity index is 0.626. The van der Waals surface area contributed by atoms with Gasteiger partial charge in [0.2, 0.25) is 24.2 Å². The van der Waals surface area contributed by atoms with Gasteiger partial charge in [0.25, 0.3) is 11.8 Å². The predicted octanol–water partition coefficient (Wildman–Crippen LogP) is 7.73. The number of carbonyl (C=O) groups excluding carboxylic acids is 2. The van der Waals surface area contributed by atoms with Crippen LogP contribution in [0.1, 0.15) is 126 Å². The second-order valence-corrected chi connectivity index (χ2v) is 21.4. The molecule has 2 amide bonds. The molecule has 2 spiro atoms. The summed E-state index contributed by atoms with van der Waals surface area (Å²) in [6, 6.07) is 14.5. The SMILES string of the molecule is C[C@@H]1[C@@H](Oc2ccc(C(=O)NCCCN(C)CCCNC(=O)c3ccc(O[C@H]4OC5O[C@]6(C)CCC7[C@H](C)CCC([C@H]4C)[C@@]57OO6)cc3)cc2)O[C@H]2O[C@@]3(C)CC[C@H]4[C@H](C)CC[C@H]1[C@@]24OO3. The van der Waals surface area contributed by atoms with Crippen LogP contribution in [-0.2, 0) is 38.5 Å². The van der Waals surface area contributed by atoms with Crippen LogP contribution in [0.25, 0.3) is 0 Å². The maximum Gasteiger partial charge on any atom is 0.251 e. The van der Waals surface area contributed by atoms with Crippen LogP contribution < -0.4 is 20.1 Å². The average Bonchev–Trinajstić information content (AvgIpc) is 3.68. The predicted molar refractivity (Wildman–Crippen MR) is 239 cm³/mol. The van der Waals surface area contributed by atoms with E-state index in [9.17, 15) is 9.59 Å². The summed E-state index contributed by atoms with van der Waals surface area (Å²) in [5.41, 5.74) is -0.145. The molecule has 0 aromatic heterocycles. The standard InChI is InChI=1S/C51H71N3O12/c1-30-10-20-40-32(3)44(59-46-50(40)38(30)22-24-48(5,61-46)63-65-50)57-36-16-12-34(13-17-36)42(55)52-26-8-28-54(7)29-9-27-53-43(56)35-14-18-37(19-15-35)58-45-33(4)41-21-11-31(2)39-23-25-49(6)62-47(60-45)51(39,41)66-64-49/h12-19,30-33,38-41,44-47H,8-11,20-29H2,1-7H3,(H,52,55)(H,53,56)/t30-,31-,32-,33+,38?,39+,40?,41-,44+,45+,46?,47+,48+,49-,50-,51-/m1/s1. The van der Waals surface area contributed by atoms with Gasteiger partial charge in [-0.25, -0.2) is 19.6 Å². The maximum absolute atomic E-state index is 13.0. The molecule has 8 aliphatic heterocycles. The molecule has 10 fully saturated rings. The number of nitrogens with zero attached hydrogens (tertiary/aromatic N) is 1. The van der Waals surface area contributed by atoms with E-state index < -0.39 is 47.9 Å². The number of rotatable bonds is 14. The molecule has 362 valence electrons. The lowest BCUT2D eigenvalue weighted by atomic mass is 9.58. The maximum atomic E-state index is 13.0. The van der Waals surface area contributed by atoms with Gasteiger partial charge in [-0.2, -0.15) is 0 Å². The Hall–Kier alpha value is -3.38. The topological polar surface area (TPSA) is 154 Å². The third kappa shape index (κ3) is 8.35. The second kappa shape index (κ2) is 18.2. The Bertz CT molecular complexity index is 1920. The Labute approximate surface area is 389 Å². The second-order valence-electron chi connectivity index (χ2n) is 21.4. The Morgan fingerprint density at radius 2 is 1.00 bits per heavy atom. The molecule has 2 N–H and O–H groups in total. The average molecular weight is 918 g/mol. The summed E-state index contributed by atoms with van der Waals surface area (Å²) >= 11 is 0. The third-order valence-corrected chi connectivity index (χ3v) is 16.9. The molecule has 15 heteroatoms. The molecule has 10 aliphatic rings. The smallest absolute Gasteiger partial charge is 0.251 e. The van der Waals surface area contributed by atoms with Crippen molar-refractivity contribution in [2.75, 3.05) is 33.2 Å². The van der Waals surface area contributed by atoms with Crippen molar-refractivity contribution in [2.45, 2.75) is 154 Å². The minimum Gasteiger partial charge on any atom is -0.465 e. The van der Waals surface area contributed by atoms with Crippen molar-refractivity contribution in [3.63, 3.8) is 0 Å². The van der Waals surface area contributed by atoms with E-state index in [1.54, 1.807) is 24.3 Å². The molecule has 15 nitrogen and oxygen atoms in total. The monoisotopic (exact) mass is 918 g/mol. The van der Waals surface area contributed by atoms with E-state index in [-0.39, 0.29) is 35.5 Å². The van der Waals surface area contributed by atoms with Crippen LogP contribution in [0.4, 0.5) is 0 Å². The summed E-state index contributed by atoms with van der Waals surface area (Å²) < 4.78 is 39.0. The largest absolute Gasteiger partial charge is 0.465 e. The number of hydrogen-bond acceptors (Lipinski definition) is 13. The van der Waals surface area contributed by atoms with Gasteiger partial charge >= 0.3 is 0 Å². The van der Waals surface area contributed by atoms with Gasteiger partial charge in [-0.15, -0.1) is 0 Å². The van der Waals surface area contributed by atoms with Crippen LogP contribution in [0.15, 0.2) is 48.5 Å². The number of fused-ring (bicyclic) bond motifs is 4. The van der Waals surface area contributed by atoms with Crippen LogP contribution in [0, 0.1) is 47.3 Å². The number of amides is 2. The summed E-state index contributed by atoms with van der Waals surface area (Å²) in [7, 11) is 2.05. The highest BCUT2D eigenvalue weighted by Crippen LogP contribution is 2.62. The summed E-state index contributed by atoms with van der Waals surface area (Å²) in [6.45, 7) is 15.5. The zero-order chi connectivity index (χ0) is 46.0. The highest BCUT2D eigenvalue weighted by atomic mass is 17.3. The van der Waals surface area contributed by atoms with E-state index in [4.69, 9.17) is 48.0 Å². The van der Waals surface area contributed by atoms with Crippen molar-refractivity contribution in [3.05, 3.63) is 59.7 Å². The molecular weight excluding hydrogens is 847 g/mol. The number of benzene rings is 2. The molecule has 66 heavy (non-hydrogen) atoms. The normalized spacial score (nSPS) is 42.1. The van der Waals surface area contributed by atoms with Crippen molar-refractivity contribution in [1.82, 2.24) is 15.5 Å². The van der Waals surface area contributed by atoms with Crippen molar-refractivity contribution in [1.29, 1.82) is 0 Å². The van der Waals surface area contributed by atoms with E-state index in [1.165, 1.54) is 0 Å². The van der Waals surface area contributed by atoms with Crippen LogP contribution in [-0.4, -0.2) is 97.9 Å². The van der Waals surface area contributed by atoms with Crippen molar-refractivity contribution in [2.24, 2.45) is 47.3 Å². The molecule has 2 aliphatic carbocycles. The Morgan fingerprint density at radius 1 is 0.591 bits per heavy atom. The fourth-order valence-corrected chi connectivity index (χ4v) is 13.1. The minimum atomic E-state index is -0.841. The molecular formula is C51H71N3O12. The quantitative estimate of drug-likeness (QED) is 0.141. The fraction of sp³-hybridized carbons (Fsp3) is 0.725. The van der Waals surface area contributed by atoms with E-state index in [0.29, 0.717) is 59.4 Å². The number of ether oxygens (including phenoxy) is 6. The number of carbonyl (C=O) groups is 2. The number of nitrogens with one attached hydrogen (secondary N) is 2. The molecule has 16 atom stereocenters. The zero-order valence-electron chi connectivity index (χ0n) is 39.8. The van der Waals surface area contributed by atoms with Gasteiger partial charge in [-0.1, -0.05) is 27.7 Å². The lowest BCUT2D eigenvalue weighted by molar-refractivity contribution is -0.575. The van der Waals surface area contributed by atoms with Gasteiger partial charge in [0.1, 0.15) is 11.5 Å². The van der Waals surface area contributed by atoms with E-state index in [2.05, 4.69) is 50.3 Å². The van der Waals surface area contributed by atoms with Crippen LogP contribution in [0.2, 0.25) is 0 Å². The highest BCUT2D eigenvalue weighted by molar-refractivity contribution is 5.94. The molecule has 2 aromatic rings. The van der Waals surface area contributed by atoms with Crippen molar-refractivity contribution >= 4 is 11.8 Å². The summed E-state index contributed by atoms with van der Waals surface area (Å²) in [6.07, 6.45) is 7.10. The molecule has 4 bridgehead atoms. The highest BCUT2D eigenvalue weighted by Gasteiger charge is 2.71. The van der Waals surface area contributed by atoms with Gasteiger partial charge < -0.3 is 44.0 Å². The molecule has 0 radical (unpaired) electrons. The van der Waals surface area contributed by atoms with Crippen LogP contribution >= 0.6 is 0 Å². The Kier molecular flexibility index (Phi) is 12.8. The number of hydrogen-bond donors (Lipinski definition) is 2. The Morgan fingerprint density at radius 3 is 1.41 bits per heavy atom. The molecule has 8 saturated heterocycles. The van der Waals surface area contributed by atoms with E-state index in [0.717, 1.165) is 77.3 Å². The van der Waals surface area contributed by atoms with Gasteiger partial charge in [-0.05, 0) is 158 Å². The first-order chi connectivity index (χ1) is 31.7. The summed E-state index contributed by atoms with van der Waals surface area (Å²) in [5.74, 6) is 1.32. The minimum absolute atomic E-state index is 0.0465. The molecule has 2 aromatic carbocycles. The lowest BCUT2D eigenvalue weighted by Crippen LogP contribution is -2.70. The molecule has 3 unspecified atom stereocenters. The van der Waals surface area contributed by atoms with Crippen molar-refractivity contribution < 1.29 is 57.6 Å². The van der Waals surface area contributed by atoms with Gasteiger partial charge in [-0.3, -0.25) is 9.59 Å². The van der Waals surface area contributed by atoms with Gasteiger partial charge in [0.15, 0.2) is 23.8 Å². The third-order valence-electron chi connectivity index (χ3n) is 16.9. The van der Waals surface area contributed by atoms with Gasteiger partial charge in [0.05, 0.1) is 0 Å². The van der Waals surface area contributed by atoms with E-state index in [1.807, 2.05) is 38.1 Å². The first kappa shape index (κ1) is 46.4. The van der Waals surface area contributed by atoms with E-state index >= 15 is 0 Å². The van der Waals surface area contributed by atoms with Crippen molar-refractivity contribution in [3.8, 4) is 11.5 Å². The molecule has 8 heterocycles. The fourth-order valence-electron chi connectivity index (χ4n) is 13.1.